The highest BCUT2D eigenvalue weighted by Crippen LogP contribution is 2.21. The molecule has 6 heteroatoms. The standard InChI is InChI=1S/C19H20N4O2/c1-13-10-21-23(12-13)17-6-7-20-11-16(17)22-19(24)9-15-5-4-14(2)18(8-15)25-3/h4-8,10-12H,9H2,1-3H3,(H,22,24). The lowest BCUT2D eigenvalue weighted by Gasteiger charge is -2.11. The average Bonchev–Trinajstić information content (AvgIpc) is 3.03. The van der Waals surface area contributed by atoms with Crippen molar-refractivity contribution in [3.8, 4) is 11.4 Å². The number of carbonyl (C=O) groups excluding carboxylic acids is 1. The summed E-state index contributed by atoms with van der Waals surface area (Å²) < 4.78 is 7.04. The van der Waals surface area contributed by atoms with Gasteiger partial charge in [-0.15, -0.1) is 0 Å². The summed E-state index contributed by atoms with van der Waals surface area (Å²) in [6.07, 6.45) is 7.22. The van der Waals surface area contributed by atoms with Crippen molar-refractivity contribution >= 4 is 11.6 Å². The van der Waals surface area contributed by atoms with Crippen molar-refractivity contribution in [2.75, 3.05) is 12.4 Å². The van der Waals surface area contributed by atoms with Crippen molar-refractivity contribution in [3.63, 3.8) is 0 Å². The number of pyridine rings is 1. The highest BCUT2D eigenvalue weighted by atomic mass is 16.5. The SMILES string of the molecule is COc1cc(CC(=O)Nc2cnccc2-n2cc(C)cn2)ccc1C. The van der Waals surface area contributed by atoms with Gasteiger partial charge in [-0.2, -0.15) is 5.10 Å². The second-order valence-electron chi connectivity index (χ2n) is 5.88. The Hall–Kier alpha value is -3.15. The van der Waals surface area contributed by atoms with Crippen LogP contribution in [0.5, 0.6) is 5.75 Å². The third-order valence-electron chi connectivity index (χ3n) is 3.87. The number of ether oxygens (including phenoxy) is 1. The smallest absolute Gasteiger partial charge is 0.228 e. The number of aryl methyl sites for hydroxylation is 2. The molecule has 1 N–H and O–H groups in total. The fourth-order valence-corrected chi connectivity index (χ4v) is 2.58. The number of nitrogens with one attached hydrogen (secondary N) is 1. The first kappa shape index (κ1) is 16.7. The molecular weight excluding hydrogens is 316 g/mol. The lowest BCUT2D eigenvalue weighted by molar-refractivity contribution is -0.115. The summed E-state index contributed by atoms with van der Waals surface area (Å²) in [7, 11) is 1.63. The second-order valence-corrected chi connectivity index (χ2v) is 5.88. The minimum absolute atomic E-state index is 0.121. The molecule has 25 heavy (non-hydrogen) atoms. The summed E-state index contributed by atoms with van der Waals surface area (Å²) in [4.78, 5) is 16.5. The summed E-state index contributed by atoms with van der Waals surface area (Å²) in [5.74, 6) is 0.656. The van der Waals surface area contributed by atoms with E-state index in [1.165, 1.54) is 0 Å². The van der Waals surface area contributed by atoms with Gasteiger partial charge in [-0.25, -0.2) is 4.68 Å². The van der Waals surface area contributed by atoms with E-state index in [0.29, 0.717) is 5.69 Å². The van der Waals surface area contributed by atoms with Crippen molar-refractivity contribution in [3.05, 3.63) is 65.7 Å². The summed E-state index contributed by atoms with van der Waals surface area (Å²) in [5.41, 5.74) is 4.36. The van der Waals surface area contributed by atoms with Gasteiger partial charge in [0.05, 0.1) is 37.3 Å². The van der Waals surface area contributed by atoms with Crippen LogP contribution >= 0.6 is 0 Å². The first-order chi connectivity index (χ1) is 12.1. The molecule has 2 heterocycles. The first-order valence-electron chi connectivity index (χ1n) is 7.96. The molecule has 0 aliphatic rings. The first-order valence-corrected chi connectivity index (χ1v) is 7.96. The van der Waals surface area contributed by atoms with Gasteiger partial charge in [-0.3, -0.25) is 9.78 Å². The highest BCUT2D eigenvalue weighted by molar-refractivity contribution is 5.94. The number of carbonyl (C=O) groups is 1. The largest absolute Gasteiger partial charge is 0.496 e. The van der Waals surface area contributed by atoms with Gasteiger partial charge in [0.2, 0.25) is 5.91 Å². The number of hydrogen-bond donors (Lipinski definition) is 1. The normalized spacial score (nSPS) is 10.5. The van der Waals surface area contributed by atoms with Gasteiger partial charge >= 0.3 is 0 Å². The quantitative estimate of drug-likeness (QED) is 0.777. The molecule has 2 aromatic heterocycles. The van der Waals surface area contributed by atoms with Gasteiger partial charge in [-0.1, -0.05) is 12.1 Å². The zero-order valence-electron chi connectivity index (χ0n) is 14.5. The van der Waals surface area contributed by atoms with Gasteiger partial charge in [0.1, 0.15) is 5.75 Å². The van der Waals surface area contributed by atoms with Crippen molar-refractivity contribution in [2.45, 2.75) is 20.3 Å². The van der Waals surface area contributed by atoms with Gasteiger partial charge in [0.25, 0.3) is 0 Å². The minimum atomic E-state index is -0.121. The van der Waals surface area contributed by atoms with Crippen molar-refractivity contribution in [1.29, 1.82) is 0 Å². The Morgan fingerprint density at radius 1 is 1.24 bits per heavy atom. The van der Waals surface area contributed by atoms with Crippen LogP contribution in [-0.2, 0) is 11.2 Å². The minimum Gasteiger partial charge on any atom is -0.496 e. The topological polar surface area (TPSA) is 69.0 Å². The van der Waals surface area contributed by atoms with Crippen LogP contribution in [0.25, 0.3) is 5.69 Å². The Balaban J connectivity index is 1.78. The number of amides is 1. The highest BCUT2D eigenvalue weighted by Gasteiger charge is 2.11. The number of anilines is 1. The molecule has 0 saturated heterocycles. The zero-order chi connectivity index (χ0) is 17.8. The summed E-state index contributed by atoms with van der Waals surface area (Å²) in [6.45, 7) is 3.93. The lowest BCUT2D eigenvalue weighted by Crippen LogP contribution is -2.16. The summed E-state index contributed by atoms with van der Waals surface area (Å²) in [5, 5.41) is 7.21. The molecule has 128 valence electrons. The maximum Gasteiger partial charge on any atom is 0.228 e. The molecule has 0 aliphatic heterocycles. The second kappa shape index (κ2) is 7.17. The molecule has 0 radical (unpaired) electrons. The zero-order valence-corrected chi connectivity index (χ0v) is 14.5. The van der Waals surface area contributed by atoms with E-state index in [9.17, 15) is 4.79 Å². The molecule has 3 rings (SSSR count). The molecule has 0 spiro atoms. The summed E-state index contributed by atoms with van der Waals surface area (Å²) in [6, 6.07) is 7.58. The van der Waals surface area contributed by atoms with Crippen LogP contribution in [0, 0.1) is 13.8 Å². The van der Waals surface area contributed by atoms with Gasteiger partial charge in [-0.05, 0) is 42.7 Å². The van der Waals surface area contributed by atoms with E-state index >= 15 is 0 Å². The number of benzene rings is 1. The monoisotopic (exact) mass is 336 g/mol. The third kappa shape index (κ3) is 3.85. The van der Waals surface area contributed by atoms with Crippen LogP contribution in [0.15, 0.2) is 49.1 Å². The van der Waals surface area contributed by atoms with E-state index in [1.54, 1.807) is 30.4 Å². The summed E-state index contributed by atoms with van der Waals surface area (Å²) >= 11 is 0. The average molecular weight is 336 g/mol. The maximum atomic E-state index is 12.4. The Morgan fingerprint density at radius 2 is 2.08 bits per heavy atom. The van der Waals surface area contributed by atoms with Crippen LogP contribution < -0.4 is 10.1 Å². The molecule has 0 fully saturated rings. The molecular formula is C19H20N4O2. The van der Waals surface area contributed by atoms with Gasteiger partial charge < -0.3 is 10.1 Å². The molecule has 3 aromatic rings. The van der Waals surface area contributed by atoms with Crippen LogP contribution in [0.1, 0.15) is 16.7 Å². The van der Waals surface area contributed by atoms with E-state index < -0.39 is 0 Å². The van der Waals surface area contributed by atoms with Crippen molar-refractivity contribution in [2.24, 2.45) is 0 Å². The number of rotatable bonds is 5. The number of methoxy groups -OCH3 is 1. The molecule has 0 unspecified atom stereocenters. The van der Waals surface area contributed by atoms with Crippen molar-refractivity contribution < 1.29 is 9.53 Å². The van der Waals surface area contributed by atoms with E-state index in [4.69, 9.17) is 4.74 Å². The number of hydrogen-bond acceptors (Lipinski definition) is 4. The Labute approximate surface area is 146 Å². The Morgan fingerprint density at radius 3 is 2.80 bits per heavy atom. The molecule has 0 bridgehead atoms. The predicted octanol–water partition coefficient (Wildman–Crippen LogP) is 3.07. The van der Waals surface area contributed by atoms with Crippen molar-refractivity contribution in [1.82, 2.24) is 14.8 Å². The molecule has 0 atom stereocenters. The van der Waals surface area contributed by atoms with E-state index in [-0.39, 0.29) is 12.3 Å². The third-order valence-corrected chi connectivity index (χ3v) is 3.87. The molecule has 1 aromatic carbocycles. The molecule has 0 aliphatic carbocycles. The van der Waals surface area contributed by atoms with E-state index in [1.807, 2.05) is 44.3 Å². The van der Waals surface area contributed by atoms with Crippen LogP contribution in [0.4, 0.5) is 5.69 Å². The number of aromatic nitrogens is 3. The van der Waals surface area contributed by atoms with E-state index in [2.05, 4.69) is 15.4 Å². The Kier molecular flexibility index (Phi) is 4.79. The van der Waals surface area contributed by atoms with Crippen LogP contribution in [0.2, 0.25) is 0 Å². The molecule has 1 amide bonds. The predicted molar refractivity (Wildman–Crippen MR) is 96.2 cm³/mol. The number of nitrogens with zero attached hydrogens (tertiary/aromatic N) is 3. The van der Waals surface area contributed by atoms with E-state index in [0.717, 1.165) is 28.1 Å². The fourth-order valence-electron chi connectivity index (χ4n) is 2.58. The lowest BCUT2D eigenvalue weighted by atomic mass is 10.1. The molecule has 6 nitrogen and oxygen atoms in total. The Bertz CT molecular complexity index is 902. The van der Waals surface area contributed by atoms with Crippen LogP contribution in [0.3, 0.4) is 0 Å². The molecule has 0 saturated carbocycles. The fraction of sp³-hybridized carbons (Fsp3) is 0.211. The van der Waals surface area contributed by atoms with Gasteiger partial charge in [0.15, 0.2) is 0 Å². The maximum absolute atomic E-state index is 12.4. The van der Waals surface area contributed by atoms with Crippen LogP contribution in [-0.4, -0.2) is 27.8 Å². The van der Waals surface area contributed by atoms with Gasteiger partial charge in [0, 0.05) is 12.4 Å².